The molecule has 0 bridgehead atoms. The van der Waals surface area contributed by atoms with E-state index in [1.54, 1.807) is 0 Å². The zero-order valence-corrected chi connectivity index (χ0v) is 14.7. The lowest BCUT2D eigenvalue weighted by atomic mass is 9.89. The van der Waals surface area contributed by atoms with Crippen molar-refractivity contribution in [2.24, 2.45) is 11.8 Å². The predicted octanol–water partition coefficient (Wildman–Crippen LogP) is 2.28. The van der Waals surface area contributed by atoms with Gasteiger partial charge in [-0.1, -0.05) is 13.8 Å². The number of hydrogen-bond acceptors (Lipinski definition) is 5. The Bertz CT molecular complexity index is 612. The molecule has 6 nitrogen and oxygen atoms in total. The van der Waals surface area contributed by atoms with E-state index in [0.717, 1.165) is 18.5 Å². The van der Waals surface area contributed by atoms with Crippen LogP contribution < -0.4 is 10.1 Å². The minimum Gasteiger partial charge on any atom is -0.476 e. The van der Waals surface area contributed by atoms with Gasteiger partial charge in [-0.3, -0.25) is 9.78 Å². The maximum absolute atomic E-state index is 12.5. The lowest BCUT2D eigenvalue weighted by molar-refractivity contribution is 0.0777. The summed E-state index contributed by atoms with van der Waals surface area (Å²) in [6, 6.07) is 0. The second-order valence-electron chi connectivity index (χ2n) is 7.66. The first kappa shape index (κ1) is 17.1. The molecular formula is C18H27N3O3. The third kappa shape index (κ3) is 3.86. The lowest BCUT2D eigenvalue weighted by Gasteiger charge is -2.32. The number of nitrogens with one attached hydrogen (secondary N) is 1. The molecule has 0 radical (unpaired) electrons. The number of ether oxygens (including phenoxy) is 1. The quantitative estimate of drug-likeness (QED) is 0.762. The van der Waals surface area contributed by atoms with Crippen LogP contribution >= 0.6 is 0 Å². The van der Waals surface area contributed by atoms with Crippen molar-refractivity contribution in [2.75, 3.05) is 13.2 Å². The van der Waals surface area contributed by atoms with Gasteiger partial charge in [0.05, 0.1) is 24.9 Å². The number of amides is 1. The monoisotopic (exact) mass is 333 g/mol. The number of rotatable bonds is 8. The topological polar surface area (TPSA) is 84.3 Å². The predicted molar refractivity (Wildman–Crippen MR) is 90.0 cm³/mol. The Labute approximate surface area is 143 Å². The fraction of sp³-hybridized carbons (Fsp3) is 0.722. The molecule has 132 valence electrons. The van der Waals surface area contributed by atoms with Crippen molar-refractivity contribution in [3.05, 3.63) is 17.6 Å². The maximum Gasteiger partial charge on any atom is 0.272 e. The first-order chi connectivity index (χ1) is 11.4. The van der Waals surface area contributed by atoms with E-state index >= 15 is 0 Å². The van der Waals surface area contributed by atoms with Crippen molar-refractivity contribution in [3.63, 3.8) is 0 Å². The number of aliphatic hydroxyl groups is 1. The maximum atomic E-state index is 12.5. The minimum atomic E-state index is -0.692. The Balaban J connectivity index is 1.76. The van der Waals surface area contributed by atoms with Gasteiger partial charge in [0.2, 0.25) is 5.88 Å². The molecule has 2 aliphatic rings. The number of carbonyl (C=O) groups is 1. The van der Waals surface area contributed by atoms with Crippen molar-refractivity contribution in [3.8, 4) is 5.88 Å². The van der Waals surface area contributed by atoms with E-state index in [1.165, 1.54) is 19.0 Å². The molecule has 1 aromatic heterocycles. The molecule has 1 aromatic rings. The normalized spacial score (nSPS) is 19.9. The molecule has 2 saturated carbocycles. The molecular weight excluding hydrogens is 306 g/mol. The molecule has 24 heavy (non-hydrogen) atoms. The Hall–Kier alpha value is -1.69. The van der Waals surface area contributed by atoms with E-state index in [-0.39, 0.29) is 24.1 Å². The van der Waals surface area contributed by atoms with Crippen LogP contribution in [0, 0.1) is 11.8 Å². The molecule has 1 heterocycles. The van der Waals surface area contributed by atoms with Crippen LogP contribution in [0.5, 0.6) is 5.88 Å². The van der Waals surface area contributed by atoms with Crippen LogP contribution in [0.25, 0.3) is 0 Å². The summed E-state index contributed by atoms with van der Waals surface area (Å²) in [5.74, 6) is 1.31. The lowest BCUT2D eigenvalue weighted by Crippen LogP contribution is -2.52. The molecule has 0 spiro atoms. The van der Waals surface area contributed by atoms with E-state index in [0.29, 0.717) is 24.3 Å². The summed E-state index contributed by atoms with van der Waals surface area (Å²) in [6.45, 7) is 6.27. The molecule has 2 N–H and O–H groups in total. The van der Waals surface area contributed by atoms with Gasteiger partial charge < -0.3 is 15.2 Å². The highest BCUT2D eigenvalue weighted by Crippen LogP contribution is 2.42. The third-order valence-electron chi connectivity index (χ3n) is 5.12. The second kappa shape index (κ2) is 6.67. The van der Waals surface area contributed by atoms with Gasteiger partial charge in [-0.05, 0) is 44.4 Å². The van der Waals surface area contributed by atoms with Gasteiger partial charge in [0.1, 0.15) is 11.4 Å². The fourth-order valence-electron chi connectivity index (χ4n) is 2.40. The minimum absolute atomic E-state index is 0.0933. The van der Waals surface area contributed by atoms with Crippen LogP contribution in [-0.4, -0.2) is 39.7 Å². The zero-order valence-electron chi connectivity index (χ0n) is 14.7. The number of nitrogens with zero attached hydrogens (tertiary/aromatic N) is 2. The molecule has 2 aliphatic carbocycles. The summed E-state index contributed by atoms with van der Waals surface area (Å²) in [6.07, 6.45) is 6.14. The van der Waals surface area contributed by atoms with Gasteiger partial charge in [-0.2, -0.15) is 0 Å². The Kier molecular flexibility index (Phi) is 4.76. The van der Waals surface area contributed by atoms with E-state index in [9.17, 15) is 9.90 Å². The van der Waals surface area contributed by atoms with Gasteiger partial charge in [0.25, 0.3) is 5.91 Å². The Morgan fingerprint density at radius 2 is 2.12 bits per heavy atom. The highest BCUT2D eigenvalue weighted by Gasteiger charge is 2.33. The highest BCUT2D eigenvalue weighted by molar-refractivity contribution is 5.92. The molecule has 1 amide bonds. The number of hydrogen-bond donors (Lipinski definition) is 2. The van der Waals surface area contributed by atoms with Gasteiger partial charge in [0, 0.05) is 5.92 Å². The summed E-state index contributed by atoms with van der Waals surface area (Å²) in [5, 5.41) is 12.5. The number of aromatic nitrogens is 2. The summed E-state index contributed by atoms with van der Waals surface area (Å²) in [5.41, 5.74) is 0.426. The SMILES string of the molecule is CC(C)[C@](C)(CO)NC(=O)c1cnc(C2CC2)c(OCC2CC2)n1. The largest absolute Gasteiger partial charge is 0.476 e. The number of carbonyl (C=O) groups excluding carboxylic acids is 1. The standard InChI is InChI=1S/C18H27N3O3/c1-11(2)18(3,10-22)21-16(23)14-8-19-15(13-6-7-13)17(20-14)24-9-12-4-5-12/h8,11-13,22H,4-7,9-10H2,1-3H3,(H,21,23)/t18-/m0/s1. The van der Waals surface area contributed by atoms with Crippen LogP contribution in [0.2, 0.25) is 0 Å². The first-order valence-electron chi connectivity index (χ1n) is 8.86. The van der Waals surface area contributed by atoms with E-state index in [4.69, 9.17) is 4.74 Å². The van der Waals surface area contributed by atoms with Crippen molar-refractivity contribution < 1.29 is 14.6 Å². The van der Waals surface area contributed by atoms with Gasteiger partial charge in [-0.15, -0.1) is 0 Å². The van der Waals surface area contributed by atoms with Crippen molar-refractivity contribution in [1.29, 1.82) is 0 Å². The van der Waals surface area contributed by atoms with Gasteiger partial charge in [-0.25, -0.2) is 4.98 Å². The van der Waals surface area contributed by atoms with Gasteiger partial charge >= 0.3 is 0 Å². The molecule has 1 atom stereocenters. The summed E-state index contributed by atoms with van der Waals surface area (Å²) in [4.78, 5) is 21.4. The molecule has 2 fully saturated rings. The molecule has 3 rings (SSSR count). The second-order valence-corrected chi connectivity index (χ2v) is 7.66. The van der Waals surface area contributed by atoms with Gasteiger partial charge in [0.15, 0.2) is 0 Å². The fourth-order valence-corrected chi connectivity index (χ4v) is 2.40. The van der Waals surface area contributed by atoms with E-state index in [2.05, 4.69) is 15.3 Å². The number of aliphatic hydroxyl groups excluding tert-OH is 1. The third-order valence-corrected chi connectivity index (χ3v) is 5.12. The smallest absolute Gasteiger partial charge is 0.272 e. The zero-order chi connectivity index (χ0) is 17.3. The molecule has 6 heteroatoms. The summed E-state index contributed by atoms with van der Waals surface area (Å²) >= 11 is 0. The van der Waals surface area contributed by atoms with Crippen molar-refractivity contribution >= 4 is 5.91 Å². The molecule has 0 aromatic carbocycles. The average molecular weight is 333 g/mol. The van der Waals surface area contributed by atoms with E-state index in [1.807, 2.05) is 20.8 Å². The van der Waals surface area contributed by atoms with Crippen LogP contribution in [0.1, 0.15) is 68.6 Å². The van der Waals surface area contributed by atoms with E-state index < -0.39 is 5.54 Å². The molecule has 0 unspecified atom stereocenters. The first-order valence-corrected chi connectivity index (χ1v) is 8.86. The summed E-state index contributed by atoms with van der Waals surface area (Å²) in [7, 11) is 0. The molecule has 0 saturated heterocycles. The summed E-state index contributed by atoms with van der Waals surface area (Å²) < 4.78 is 5.85. The van der Waals surface area contributed by atoms with Crippen LogP contribution in [0.3, 0.4) is 0 Å². The molecule has 0 aliphatic heterocycles. The van der Waals surface area contributed by atoms with Crippen LogP contribution in [0.4, 0.5) is 0 Å². The van der Waals surface area contributed by atoms with Crippen LogP contribution in [0.15, 0.2) is 6.20 Å². The Morgan fingerprint density at radius 3 is 2.67 bits per heavy atom. The highest BCUT2D eigenvalue weighted by atomic mass is 16.5. The Morgan fingerprint density at radius 1 is 1.42 bits per heavy atom. The van der Waals surface area contributed by atoms with Crippen molar-refractivity contribution in [1.82, 2.24) is 15.3 Å². The van der Waals surface area contributed by atoms with Crippen molar-refractivity contribution in [2.45, 2.75) is 57.9 Å². The van der Waals surface area contributed by atoms with Crippen LogP contribution in [-0.2, 0) is 0 Å². The average Bonchev–Trinajstić information content (AvgIpc) is 3.46.